The molecule has 1 unspecified atom stereocenters. The van der Waals surface area contributed by atoms with E-state index >= 15 is 0 Å². The largest absolute Gasteiger partial charge is 0.392 e. The molecular weight excluding hydrogens is 242 g/mol. The molecule has 0 fully saturated rings. The van der Waals surface area contributed by atoms with Crippen LogP contribution in [-0.2, 0) is 0 Å². The first-order valence-electron chi connectivity index (χ1n) is 6.12. The number of rotatable bonds is 4. The minimum atomic E-state index is -0.555. The number of aliphatic hydroxyl groups is 1. The van der Waals surface area contributed by atoms with Crippen LogP contribution >= 0.6 is 0 Å². The van der Waals surface area contributed by atoms with Gasteiger partial charge in [-0.05, 0) is 6.92 Å². The molecule has 2 N–H and O–H groups in total. The number of benzene rings is 1. The molecule has 0 aliphatic carbocycles. The fraction of sp³-hybridized carbons (Fsp3) is 0.286. The molecule has 1 aromatic heterocycles. The Labute approximate surface area is 111 Å². The lowest BCUT2D eigenvalue weighted by molar-refractivity contribution is 0.0704. The van der Waals surface area contributed by atoms with E-state index in [1.165, 1.54) is 11.1 Å². The van der Waals surface area contributed by atoms with Crippen molar-refractivity contribution >= 4 is 5.91 Å². The lowest BCUT2D eigenvalue weighted by Gasteiger charge is -2.18. The Morgan fingerprint density at radius 3 is 2.74 bits per heavy atom. The molecule has 0 aliphatic rings. The van der Waals surface area contributed by atoms with Crippen LogP contribution in [0.4, 0.5) is 0 Å². The van der Waals surface area contributed by atoms with Crippen molar-refractivity contribution in [3.8, 4) is 11.3 Å². The standard InChI is InChI=1S/C14H17N3O2/c1-10(18)9-17(2)14(19)12-8-15-16-13(12)11-6-4-3-5-7-11/h3-8,10,18H,9H2,1-2H3,(H,15,16). The van der Waals surface area contributed by atoms with Crippen LogP contribution in [0.25, 0.3) is 11.3 Å². The van der Waals surface area contributed by atoms with Gasteiger partial charge in [0.05, 0.1) is 23.6 Å². The Bertz CT molecular complexity index is 549. The summed E-state index contributed by atoms with van der Waals surface area (Å²) in [5.74, 6) is -0.159. The van der Waals surface area contributed by atoms with E-state index in [0.29, 0.717) is 11.3 Å². The number of H-pyrrole nitrogens is 1. The molecule has 0 spiro atoms. The van der Waals surface area contributed by atoms with E-state index < -0.39 is 6.10 Å². The third-order valence-corrected chi connectivity index (χ3v) is 2.82. The SMILES string of the molecule is CC(O)CN(C)C(=O)c1cn[nH]c1-c1ccccc1. The highest BCUT2D eigenvalue weighted by molar-refractivity contribution is 5.99. The molecule has 1 heterocycles. The number of carbonyl (C=O) groups excluding carboxylic acids is 1. The second kappa shape index (κ2) is 5.67. The summed E-state index contributed by atoms with van der Waals surface area (Å²) in [6, 6.07) is 9.56. The molecule has 1 atom stereocenters. The zero-order valence-electron chi connectivity index (χ0n) is 11.0. The molecule has 0 saturated heterocycles. The van der Waals surface area contributed by atoms with Gasteiger partial charge in [0.1, 0.15) is 0 Å². The average molecular weight is 259 g/mol. The van der Waals surface area contributed by atoms with Crippen LogP contribution in [-0.4, -0.2) is 45.8 Å². The van der Waals surface area contributed by atoms with Crippen molar-refractivity contribution in [3.05, 3.63) is 42.1 Å². The van der Waals surface area contributed by atoms with Crippen molar-refractivity contribution in [2.24, 2.45) is 0 Å². The molecule has 0 radical (unpaired) electrons. The van der Waals surface area contributed by atoms with E-state index in [1.807, 2.05) is 30.3 Å². The van der Waals surface area contributed by atoms with Gasteiger partial charge in [0.2, 0.25) is 0 Å². The molecule has 1 aromatic carbocycles. The van der Waals surface area contributed by atoms with Crippen LogP contribution in [0.5, 0.6) is 0 Å². The summed E-state index contributed by atoms with van der Waals surface area (Å²) < 4.78 is 0. The molecule has 0 aliphatic heterocycles. The van der Waals surface area contributed by atoms with E-state index in [0.717, 1.165) is 5.56 Å². The summed E-state index contributed by atoms with van der Waals surface area (Å²) in [4.78, 5) is 13.8. The third kappa shape index (κ3) is 3.00. The predicted octanol–water partition coefficient (Wildman–Crippen LogP) is 1.53. The second-order valence-corrected chi connectivity index (χ2v) is 4.56. The summed E-state index contributed by atoms with van der Waals surface area (Å²) in [6.07, 6.45) is 0.962. The number of amides is 1. The van der Waals surface area contributed by atoms with E-state index in [9.17, 15) is 9.90 Å². The Hall–Kier alpha value is -2.14. The predicted molar refractivity (Wildman–Crippen MR) is 72.7 cm³/mol. The van der Waals surface area contributed by atoms with Crippen molar-refractivity contribution in [1.29, 1.82) is 0 Å². The summed E-state index contributed by atoms with van der Waals surface area (Å²) in [6.45, 7) is 1.94. The van der Waals surface area contributed by atoms with Gasteiger partial charge in [-0.2, -0.15) is 5.10 Å². The number of nitrogens with zero attached hydrogens (tertiary/aromatic N) is 2. The highest BCUT2D eigenvalue weighted by Crippen LogP contribution is 2.21. The van der Waals surface area contributed by atoms with Gasteiger partial charge in [0, 0.05) is 19.2 Å². The molecule has 0 saturated carbocycles. The van der Waals surface area contributed by atoms with Crippen molar-refractivity contribution in [2.75, 3.05) is 13.6 Å². The Morgan fingerprint density at radius 2 is 2.11 bits per heavy atom. The highest BCUT2D eigenvalue weighted by atomic mass is 16.3. The van der Waals surface area contributed by atoms with E-state index in [1.54, 1.807) is 14.0 Å². The first kappa shape index (κ1) is 13.3. The van der Waals surface area contributed by atoms with Gasteiger partial charge >= 0.3 is 0 Å². The van der Waals surface area contributed by atoms with Crippen LogP contribution in [0, 0.1) is 0 Å². The van der Waals surface area contributed by atoms with Crippen molar-refractivity contribution in [2.45, 2.75) is 13.0 Å². The minimum Gasteiger partial charge on any atom is -0.392 e. The summed E-state index contributed by atoms with van der Waals surface area (Å²) in [5.41, 5.74) is 2.12. The van der Waals surface area contributed by atoms with Crippen molar-refractivity contribution < 1.29 is 9.90 Å². The Kier molecular flexibility index (Phi) is 3.97. The van der Waals surface area contributed by atoms with Gasteiger partial charge in [-0.1, -0.05) is 30.3 Å². The van der Waals surface area contributed by atoms with Gasteiger partial charge in [0.25, 0.3) is 5.91 Å². The average Bonchev–Trinajstić information content (AvgIpc) is 2.87. The Morgan fingerprint density at radius 1 is 1.42 bits per heavy atom. The first-order valence-corrected chi connectivity index (χ1v) is 6.12. The normalized spacial score (nSPS) is 12.2. The highest BCUT2D eigenvalue weighted by Gasteiger charge is 2.19. The van der Waals surface area contributed by atoms with Gasteiger partial charge in [-0.25, -0.2) is 0 Å². The van der Waals surface area contributed by atoms with Crippen LogP contribution in [0.2, 0.25) is 0 Å². The third-order valence-electron chi connectivity index (χ3n) is 2.82. The molecule has 5 nitrogen and oxygen atoms in total. The number of aromatic amines is 1. The maximum absolute atomic E-state index is 12.3. The van der Waals surface area contributed by atoms with Crippen LogP contribution < -0.4 is 0 Å². The van der Waals surface area contributed by atoms with Crippen molar-refractivity contribution in [1.82, 2.24) is 15.1 Å². The molecule has 2 rings (SSSR count). The minimum absolute atomic E-state index is 0.159. The topological polar surface area (TPSA) is 69.2 Å². The number of likely N-dealkylation sites (N-methyl/N-ethyl adjacent to an activating group) is 1. The summed E-state index contributed by atoms with van der Waals surface area (Å²) in [7, 11) is 1.66. The summed E-state index contributed by atoms with van der Waals surface area (Å²) in [5, 5.41) is 16.1. The first-order chi connectivity index (χ1) is 9.09. The monoisotopic (exact) mass is 259 g/mol. The molecule has 0 bridgehead atoms. The lowest BCUT2D eigenvalue weighted by Crippen LogP contribution is -2.33. The van der Waals surface area contributed by atoms with Gasteiger partial charge in [-0.15, -0.1) is 0 Å². The number of nitrogens with one attached hydrogen (secondary N) is 1. The van der Waals surface area contributed by atoms with Crippen LogP contribution in [0.15, 0.2) is 36.5 Å². The zero-order valence-corrected chi connectivity index (χ0v) is 11.0. The van der Waals surface area contributed by atoms with Crippen LogP contribution in [0.3, 0.4) is 0 Å². The second-order valence-electron chi connectivity index (χ2n) is 4.56. The number of carbonyl (C=O) groups is 1. The maximum Gasteiger partial charge on any atom is 0.257 e. The number of aliphatic hydroxyl groups excluding tert-OH is 1. The molecule has 19 heavy (non-hydrogen) atoms. The number of hydrogen-bond acceptors (Lipinski definition) is 3. The maximum atomic E-state index is 12.3. The van der Waals surface area contributed by atoms with E-state index in [2.05, 4.69) is 10.2 Å². The molecule has 1 amide bonds. The fourth-order valence-corrected chi connectivity index (χ4v) is 1.96. The fourth-order valence-electron chi connectivity index (χ4n) is 1.96. The van der Waals surface area contributed by atoms with Gasteiger partial charge in [0.15, 0.2) is 0 Å². The van der Waals surface area contributed by atoms with Gasteiger partial charge < -0.3 is 10.0 Å². The molecule has 100 valence electrons. The number of hydrogen-bond donors (Lipinski definition) is 2. The van der Waals surface area contributed by atoms with Crippen LogP contribution in [0.1, 0.15) is 17.3 Å². The van der Waals surface area contributed by atoms with E-state index in [4.69, 9.17) is 0 Å². The van der Waals surface area contributed by atoms with Crippen molar-refractivity contribution in [3.63, 3.8) is 0 Å². The van der Waals surface area contributed by atoms with Gasteiger partial charge in [-0.3, -0.25) is 9.89 Å². The molecule has 2 aromatic rings. The lowest BCUT2D eigenvalue weighted by atomic mass is 10.1. The Balaban J connectivity index is 2.27. The molecular formula is C14H17N3O2. The number of aromatic nitrogens is 2. The van der Waals surface area contributed by atoms with E-state index in [-0.39, 0.29) is 12.5 Å². The quantitative estimate of drug-likeness (QED) is 0.874. The zero-order chi connectivity index (χ0) is 13.8. The molecule has 5 heteroatoms. The summed E-state index contributed by atoms with van der Waals surface area (Å²) >= 11 is 0. The smallest absolute Gasteiger partial charge is 0.257 e.